The van der Waals surface area contributed by atoms with E-state index in [2.05, 4.69) is 5.10 Å². The van der Waals surface area contributed by atoms with Gasteiger partial charge in [0, 0.05) is 0 Å². The van der Waals surface area contributed by atoms with Crippen molar-refractivity contribution in [2.45, 2.75) is 6.61 Å². The molecule has 11 heteroatoms. The van der Waals surface area contributed by atoms with Gasteiger partial charge in [-0.05, 0) is 11.6 Å². The fraction of sp³-hybridized carbons (Fsp3) is 0.125. The molecule has 1 aliphatic rings. The summed E-state index contributed by atoms with van der Waals surface area (Å²) in [5, 5.41) is 15.0. The molecule has 2 heterocycles. The number of carbonyl (C=O) groups is 3. The van der Waals surface area contributed by atoms with Crippen LogP contribution < -0.4 is 0 Å². The predicted molar refractivity (Wildman–Crippen MR) is 88.5 cm³/mol. The second-order valence-corrected chi connectivity index (χ2v) is 5.29. The van der Waals surface area contributed by atoms with Crippen LogP contribution >= 0.6 is 0 Å². The van der Waals surface area contributed by atoms with E-state index in [1.165, 1.54) is 6.07 Å². The first-order valence-electron chi connectivity index (χ1n) is 7.59. The molecule has 1 fully saturated rings. The fourth-order valence-electron chi connectivity index (χ4n) is 2.18. The minimum atomic E-state index is -1.11. The molecule has 3 rings (SSSR count). The van der Waals surface area contributed by atoms with Gasteiger partial charge in [0.25, 0.3) is 5.91 Å². The van der Waals surface area contributed by atoms with Gasteiger partial charge >= 0.3 is 18.0 Å². The Bertz CT molecular complexity index is 922. The van der Waals surface area contributed by atoms with Crippen molar-refractivity contribution in [1.82, 2.24) is 9.91 Å². The lowest BCUT2D eigenvalue weighted by molar-refractivity contribution is -0.402. The highest BCUT2D eigenvalue weighted by Gasteiger charge is 2.42. The van der Waals surface area contributed by atoms with Crippen LogP contribution in [0.4, 0.5) is 15.5 Å². The standard InChI is InChI=1S/C16H12N4O7/c21-13-9-18(17-8-12-6-7-14(27-12)20(24)25)15(22)19(13)16(23)26-10-11-4-2-1-3-5-11/h1-8H,9-10H2/b17-8+. The molecule has 0 unspecified atom stereocenters. The van der Waals surface area contributed by atoms with Crippen LogP contribution in [0.25, 0.3) is 0 Å². The Labute approximate surface area is 151 Å². The number of ether oxygens (including phenoxy) is 1. The van der Waals surface area contributed by atoms with Gasteiger partial charge in [-0.25, -0.2) is 14.6 Å². The Morgan fingerprint density at radius 2 is 2.00 bits per heavy atom. The molecule has 1 aliphatic heterocycles. The number of nitro groups is 1. The van der Waals surface area contributed by atoms with E-state index in [4.69, 9.17) is 9.15 Å². The van der Waals surface area contributed by atoms with Crippen molar-refractivity contribution in [3.63, 3.8) is 0 Å². The van der Waals surface area contributed by atoms with Crippen molar-refractivity contribution < 1.29 is 28.5 Å². The number of furan rings is 1. The number of carbonyl (C=O) groups excluding carboxylic acids is 3. The van der Waals surface area contributed by atoms with Gasteiger partial charge in [-0.2, -0.15) is 10.0 Å². The highest BCUT2D eigenvalue weighted by molar-refractivity contribution is 6.13. The monoisotopic (exact) mass is 372 g/mol. The van der Waals surface area contributed by atoms with Crippen molar-refractivity contribution in [1.29, 1.82) is 0 Å². The zero-order valence-corrected chi connectivity index (χ0v) is 13.7. The third-order valence-electron chi connectivity index (χ3n) is 3.45. The molecule has 0 N–H and O–H groups in total. The Morgan fingerprint density at radius 3 is 2.67 bits per heavy atom. The summed E-state index contributed by atoms with van der Waals surface area (Å²) in [6.45, 7) is -0.575. The molecule has 1 aromatic carbocycles. The quantitative estimate of drug-likeness (QED) is 0.339. The van der Waals surface area contributed by atoms with Gasteiger partial charge in [-0.1, -0.05) is 30.3 Å². The number of nitrogens with zero attached hydrogens (tertiary/aromatic N) is 4. The van der Waals surface area contributed by atoms with Crippen LogP contribution in [-0.4, -0.2) is 45.6 Å². The van der Waals surface area contributed by atoms with Crippen LogP contribution in [0.2, 0.25) is 0 Å². The maximum Gasteiger partial charge on any atom is 0.433 e. The first-order valence-corrected chi connectivity index (χ1v) is 7.59. The van der Waals surface area contributed by atoms with Crippen molar-refractivity contribution in [2.24, 2.45) is 5.10 Å². The molecule has 0 radical (unpaired) electrons. The van der Waals surface area contributed by atoms with Gasteiger partial charge in [0.2, 0.25) is 0 Å². The topological polar surface area (TPSA) is 136 Å². The van der Waals surface area contributed by atoms with Gasteiger partial charge in [-0.3, -0.25) is 14.9 Å². The van der Waals surface area contributed by atoms with Gasteiger partial charge in [-0.15, -0.1) is 0 Å². The van der Waals surface area contributed by atoms with Crippen LogP contribution in [-0.2, 0) is 16.1 Å². The molecule has 11 nitrogen and oxygen atoms in total. The lowest BCUT2D eigenvalue weighted by Crippen LogP contribution is -2.37. The summed E-state index contributed by atoms with van der Waals surface area (Å²) in [4.78, 5) is 46.3. The summed E-state index contributed by atoms with van der Waals surface area (Å²) in [7, 11) is 0. The van der Waals surface area contributed by atoms with Crippen molar-refractivity contribution in [3.05, 3.63) is 63.9 Å². The van der Waals surface area contributed by atoms with Crippen LogP contribution in [0.5, 0.6) is 0 Å². The molecule has 4 amide bonds. The van der Waals surface area contributed by atoms with Crippen molar-refractivity contribution >= 4 is 30.1 Å². The Hall–Kier alpha value is -4.02. The smallest absolute Gasteiger partial charge is 0.433 e. The summed E-state index contributed by atoms with van der Waals surface area (Å²) < 4.78 is 9.82. The summed E-state index contributed by atoms with van der Waals surface area (Å²) >= 11 is 0. The third kappa shape index (κ3) is 3.98. The normalized spacial score (nSPS) is 14.2. The third-order valence-corrected chi connectivity index (χ3v) is 3.45. The van der Waals surface area contributed by atoms with E-state index in [1.54, 1.807) is 30.3 Å². The highest BCUT2D eigenvalue weighted by Crippen LogP contribution is 2.16. The molecule has 0 aliphatic carbocycles. The number of amides is 4. The maximum atomic E-state index is 12.2. The van der Waals surface area contributed by atoms with E-state index in [9.17, 15) is 24.5 Å². The van der Waals surface area contributed by atoms with Gasteiger partial charge in [0.05, 0.1) is 12.3 Å². The SMILES string of the molecule is O=C1CN(/N=C/c2ccc([N+](=O)[O-])o2)C(=O)N1C(=O)OCc1ccccc1. The number of imide groups is 3. The number of hydrazone groups is 1. The first-order chi connectivity index (χ1) is 13.0. The molecule has 1 saturated heterocycles. The summed E-state index contributed by atoms with van der Waals surface area (Å²) in [5.74, 6) is -1.29. The van der Waals surface area contributed by atoms with E-state index in [1.807, 2.05) is 0 Å². The summed E-state index contributed by atoms with van der Waals surface area (Å²) in [6, 6.07) is 10.1. The van der Waals surface area contributed by atoms with Crippen molar-refractivity contribution in [3.8, 4) is 0 Å². The molecule has 1 aromatic heterocycles. The molecule has 2 aromatic rings. The number of urea groups is 1. The maximum absolute atomic E-state index is 12.2. The number of rotatable bonds is 5. The second-order valence-electron chi connectivity index (χ2n) is 5.29. The van der Waals surface area contributed by atoms with E-state index >= 15 is 0 Å². The van der Waals surface area contributed by atoms with Gasteiger partial charge in [0.1, 0.15) is 18.1 Å². The van der Waals surface area contributed by atoms with Crippen LogP contribution in [0.15, 0.2) is 52.0 Å². The van der Waals surface area contributed by atoms with Crippen LogP contribution in [0.3, 0.4) is 0 Å². The van der Waals surface area contributed by atoms with E-state index in [-0.39, 0.29) is 12.4 Å². The first kappa shape index (κ1) is 17.8. The summed E-state index contributed by atoms with van der Waals surface area (Å²) in [5.41, 5.74) is 0.694. The Kier molecular flexibility index (Phi) is 4.92. The second kappa shape index (κ2) is 7.47. The molecular formula is C16H12N4O7. The number of hydrogen-bond acceptors (Lipinski definition) is 8. The lowest BCUT2D eigenvalue weighted by atomic mass is 10.2. The number of benzene rings is 1. The summed E-state index contributed by atoms with van der Waals surface area (Å²) in [6.07, 6.45) is -0.0862. The molecule has 138 valence electrons. The minimum Gasteiger partial charge on any atom is -0.444 e. The van der Waals surface area contributed by atoms with Gasteiger partial charge < -0.3 is 9.15 Å². The molecule has 0 bridgehead atoms. The zero-order chi connectivity index (χ0) is 19.4. The van der Waals surface area contributed by atoms with E-state index in [0.717, 1.165) is 17.3 Å². The van der Waals surface area contributed by atoms with Crippen LogP contribution in [0, 0.1) is 10.1 Å². The lowest BCUT2D eigenvalue weighted by Gasteiger charge is -2.12. The van der Waals surface area contributed by atoms with Crippen LogP contribution in [0.1, 0.15) is 11.3 Å². The van der Waals surface area contributed by atoms with E-state index in [0.29, 0.717) is 10.5 Å². The Morgan fingerprint density at radius 1 is 1.26 bits per heavy atom. The minimum absolute atomic E-state index is 0.00653. The van der Waals surface area contributed by atoms with Gasteiger partial charge in [0.15, 0.2) is 5.76 Å². The molecule has 0 spiro atoms. The predicted octanol–water partition coefficient (Wildman–Crippen LogP) is 2.12. The average molecular weight is 372 g/mol. The molecular weight excluding hydrogens is 360 g/mol. The average Bonchev–Trinajstić information content (AvgIpc) is 3.23. The highest BCUT2D eigenvalue weighted by atomic mass is 16.6. The molecule has 27 heavy (non-hydrogen) atoms. The number of hydrogen-bond donors (Lipinski definition) is 0. The van der Waals surface area contributed by atoms with E-state index < -0.39 is 35.4 Å². The van der Waals surface area contributed by atoms with Crippen molar-refractivity contribution in [2.75, 3.05) is 6.54 Å². The largest absolute Gasteiger partial charge is 0.444 e. The zero-order valence-electron chi connectivity index (χ0n) is 13.7. The molecule has 0 saturated carbocycles. The Balaban J connectivity index is 1.62. The fourth-order valence-corrected chi connectivity index (χ4v) is 2.18. The molecule has 0 atom stereocenters.